The minimum Gasteiger partial charge on any atom is -0.309 e. The first kappa shape index (κ1) is 42.7. The molecule has 56 heavy (non-hydrogen) atoms. The Balaban J connectivity index is 0.00000169. The quantitative estimate of drug-likeness (QED) is 0.0715. The molecule has 0 saturated carbocycles. The summed E-state index contributed by atoms with van der Waals surface area (Å²) in [6.07, 6.45) is 16.6. The van der Waals surface area contributed by atoms with Gasteiger partial charge in [0.15, 0.2) is 0 Å². The molecule has 0 spiro atoms. The first-order chi connectivity index (χ1) is 27.4. The van der Waals surface area contributed by atoms with Gasteiger partial charge in [-0.2, -0.15) is 0 Å². The van der Waals surface area contributed by atoms with Crippen LogP contribution in [-0.4, -0.2) is 0 Å². The van der Waals surface area contributed by atoms with E-state index in [0.29, 0.717) is 0 Å². The molecule has 0 saturated heterocycles. The first-order valence-corrected chi connectivity index (χ1v) is 20.2. The molecule has 0 fully saturated rings. The van der Waals surface area contributed by atoms with Crippen LogP contribution in [0.2, 0.25) is 0 Å². The third kappa shape index (κ3) is 9.40. The molecule has 0 N–H and O–H groups in total. The number of para-hydroxylation sites is 1. The van der Waals surface area contributed by atoms with Crippen molar-refractivity contribution >= 4 is 44.8 Å². The van der Waals surface area contributed by atoms with Gasteiger partial charge in [-0.1, -0.05) is 150 Å². The monoisotopic (exact) mass is 736 g/mol. The van der Waals surface area contributed by atoms with Gasteiger partial charge in [0.2, 0.25) is 0 Å². The van der Waals surface area contributed by atoms with Gasteiger partial charge < -0.3 is 9.80 Å². The van der Waals surface area contributed by atoms with E-state index in [1.165, 1.54) is 33.3 Å². The number of anilines is 4. The molecule has 5 aromatic rings. The second kappa shape index (κ2) is 21.1. The van der Waals surface area contributed by atoms with Crippen LogP contribution in [0.25, 0.3) is 33.2 Å². The Morgan fingerprint density at radius 1 is 0.768 bits per heavy atom. The van der Waals surface area contributed by atoms with Gasteiger partial charge in [0.25, 0.3) is 0 Å². The summed E-state index contributed by atoms with van der Waals surface area (Å²) < 4.78 is 0. The van der Waals surface area contributed by atoms with E-state index < -0.39 is 0 Å². The van der Waals surface area contributed by atoms with Gasteiger partial charge in [0.05, 0.1) is 22.8 Å². The zero-order chi connectivity index (χ0) is 40.6. The summed E-state index contributed by atoms with van der Waals surface area (Å²) in [5, 5.41) is 2.39. The average molecular weight is 737 g/mol. The van der Waals surface area contributed by atoms with Crippen LogP contribution in [0.15, 0.2) is 187 Å². The fourth-order valence-electron chi connectivity index (χ4n) is 6.85. The van der Waals surface area contributed by atoms with Crippen molar-refractivity contribution in [1.29, 1.82) is 0 Å². The van der Waals surface area contributed by atoms with Crippen molar-refractivity contribution in [3.63, 3.8) is 0 Å². The topological polar surface area (TPSA) is 6.48 Å². The van der Waals surface area contributed by atoms with Gasteiger partial charge in [-0.3, -0.25) is 0 Å². The molecule has 2 nitrogen and oxygen atoms in total. The van der Waals surface area contributed by atoms with E-state index in [9.17, 15) is 0 Å². The van der Waals surface area contributed by atoms with Gasteiger partial charge in [0, 0.05) is 28.1 Å². The predicted molar refractivity (Wildman–Crippen MR) is 251 cm³/mol. The van der Waals surface area contributed by atoms with E-state index in [1.54, 1.807) is 0 Å². The zero-order valence-electron chi connectivity index (χ0n) is 35.2. The summed E-state index contributed by atoms with van der Waals surface area (Å²) in [5.41, 5.74) is 18.2. The smallest absolute Gasteiger partial charge is 0.0960 e. The molecule has 0 bridgehead atoms. The highest BCUT2D eigenvalue weighted by molar-refractivity contribution is 6.04. The molecule has 286 valence electrons. The normalized spacial score (nSPS) is 12.1. The molecular formula is C54H60N2. The summed E-state index contributed by atoms with van der Waals surface area (Å²) in [4.78, 5) is 4.68. The lowest BCUT2D eigenvalue weighted by Crippen LogP contribution is -2.26. The Morgan fingerprint density at radius 3 is 2.11 bits per heavy atom. The van der Waals surface area contributed by atoms with E-state index >= 15 is 0 Å². The van der Waals surface area contributed by atoms with Crippen molar-refractivity contribution in [3.8, 4) is 11.1 Å². The van der Waals surface area contributed by atoms with Gasteiger partial charge in [-0.05, 0) is 123 Å². The minimum atomic E-state index is 0.804. The van der Waals surface area contributed by atoms with Crippen LogP contribution in [0.3, 0.4) is 0 Å². The van der Waals surface area contributed by atoms with Gasteiger partial charge in [-0.25, -0.2) is 0 Å². The van der Waals surface area contributed by atoms with Crippen LogP contribution in [0, 0.1) is 0 Å². The maximum atomic E-state index is 4.60. The molecule has 5 aromatic carbocycles. The van der Waals surface area contributed by atoms with Crippen molar-refractivity contribution in [2.45, 2.75) is 75.2 Å². The van der Waals surface area contributed by atoms with Crippen molar-refractivity contribution < 1.29 is 0 Å². The molecule has 0 radical (unpaired) electrons. The highest BCUT2D eigenvalue weighted by atomic mass is 15.2. The van der Waals surface area contributed by atoms with Gasteiger partial charge in [-0.15, -0.1) is 6.58 Å². The Labute approximate surface area is 338 Å². The largest absolute Gasteiger partial charge is 0.309 e. The van der Waals surface area contributed by atoms with E-state index in [4.69, 9.17) is 0 Å². The zero-order valence-corrected chi connectivity index (χ0v) is 35.2. The van der Waals surface area contributed by atoms with Gasteiger partial charge in [0.1, 0.15) is 0 Å². The third-order valence-corrected chi connectivity index (χ3v) is 9.34. The van der Waals surface area contributed by atoms with Crippen molar-refractivity contribution in [2.75, 3.05) is 9.80 Å². The number of rotatable bonds is 12. The van der Waals surface area contributed by atoms with Crippen LogP contribution >= 0.6 is 0 Å². The highest BCUT2D eigenvalue weighted by Gasteiger charge is 2.30. The summed E-state index contributed by atoms with van der Waals surface area (Å²) in [5.74, 6) is 0. The number of fused-ring (bicyclic) bond motifs is 2. The highest BCUT2D eigenvalue weighted by Crippen LogP contribution is 2.49. The van der Waals surface area contributed by atoms with E-state index in [-0.39, 0.29) is 0 Å². The molecule has 0 aliphatic carbocycles. The SMILES string of the molecule is C=CC/C=C1/c2cc(-c3ccc(N(C(=C=CC)C(/C=C\CC)=C(C)C)c4ccc5ccccc5c4)c(C(=C)/C=C\C)c3)ccc2N1c1ccccc1.CC.CC. The number of benzene rings is 5. The van der Waals surface area contributed by atoms with E-state index in [0.717, 1.165) is 63.4 Å². The lowest BCUT2D eigenvalue weighted by atomic mass is 9.90. The first-order valence-electron chi connectivity index (χ1n) is 20.2. The van der Waals surface area contributed by atoms with E-state index in [1.807, 2.05) is 53.7 Å². The Kier molecular flexibility index (Phi) is 16.1. The van der Waals surface area contributed by atoms with Crippen molar-refractivity contribution in [2.24, 2.45) is 0 Å². The molecule has 2 heteroatoms. The molecule has 0 unspecified atom stereocenters. The molecule has 1 aliphatic rings. The molecule has 0 aromatic heterocycles. The van der Waals surface area contributed by atoms with Crippen LogP contribution in [-0.2, 0) is 0 Å². The number of hydrogen-bond donors (Lipinski definition) is 0. The maximum Gasteiger partial charge on any atom is 0.0960 e. The molecule has 6 rings (SSSR count). The second-order valence-corrected chi connectivity index (χ2v) is 13.1. The Bertz CT molecular complexity index is 2320. The summed E-state index contributed by atoms with van der Waals surface area (Å²) >= 11 is 0. The Morgan fingerprint density at radius 2 is 1.45 bits per heavy atom. The van der Waals surface area contributed by atoms with E-state index in [2.05, 4.69) is 189 Å². The fraction of sp³-hybridized carbons (Fsp3) is 0.204. The second-order valence-electron chi connectivity index (χ2n) is 13.1. The fourth-order valence-corrected chi connectivity index (χ4v) is 6.85. The summed E-state index contributed by atoms with van der Waals surface area (Å²) in [6.45, 7) is 27.2. The summed E-state index contributed by atoms with van der Waals surface area (Å²) in [6, 6.07) is 39.4. The standard InChI is InChI=1S/C50H48N2.2C2H6/c1-8-12-25-44(36(5)6)47(20-11-4)52(43-30-27-38-21-17-18-22-39(38)33-43)49-31-28-40(34-45(49)37(7)19-10-3)41-29-32-50-46(35-41)48(26-13-9-2)51(50)42-23-15-14-16-24-42;2*1-2/h9-12,14-19,21-35H,2,7-8,13H2,1,3-6H3;2*1-2H3/b19-10-,25-12-,48-26-;;. The number of hydrogen-bond acceptors (Lipinski definition) is 2. The predicted octanol–water partition coefficient (Wildman–Crippen LogP) is 16.7. The Hall–Kier alpha value is -6.08. The minimum absolute atomic E-state index is 0.804. The lowest BCUT2D eigenvalue weighted by molar-refractivity contribution is 1.14. The number of allylic oxidation sites excluding steroid dienone is 8. The van der Waals surface area contributed by atoms with Crippen molar-refractivity contribution in [3.05, 3.63) is 199 Å². The van der Waals surface area contributed by atoms with Gasteiger partial charge >= 0.3 is 0 Å². The van der Waals surface area contributed by atoms with Crippen LogP contribution in [0.1, 0.15) is 86.3 Å². The number of nitrogens with zero attached hydrogens (tertiary/aromatic N) is 2. The van der Waals surface area contributed by atoms with Crippen LogP contribution in [0.4, 0.5) is 22.7 Å². The van der Waals surface area contributed by atoms with Crippen molar-refractivity contribution in [1.82, 2.24) is 0 Å². The van der Waals surface area contributed by atoms with Crippen LogP contribution < -0.4 is 9.80 Å². The molecule has 0 atom stereocenters. The maximum absolute atomic E-state index is 4.60. The molecule has 0 amide bonds. The van der Waals surface area contributed by atoms with Crippen LogP contribution in [0.5, 0.6) is 0 Å². The molecule has 1 aliphatic heterocycles. The summed E-state index contributed by atoms with van der Waals surface area (Å²) in [7, 11) is 0. The lowest BCUT2D eigenvalue weighted by Gasteiger charge is -2.39. The average Bonchev–Trinajstić information content (AvgIpc) is 3.23. The molecule has 1 heterocycles. The third-order valence-electron chi connectivity index (χ3n) is 9.34. The molecular weight excluding hydrogens is 677 g/mol.